The van der Waals surface area contributed by atoms with E-state index in [4.69, 9.17) is 5.11 Å². The Bertz CT molecular complexity index is 327. The van der Waals surface area contributed by atoms with Crippen LogP contribution < -0.4 is 5.32 Å². The highest BCUT2D eigenvalue weighted by Crippen LogP contribution is 2.19. The number of carbonyl (C=O) groups excluding carboxylic acids is 1. The molecule has 0 aliphatic carbocycles. The van der Waals surface area contributed by atoms with Crippen LogP contribution in [0.1, 0.15) is 20.3 Å². The van der Waals surface area contributed by atoms with Gasteiger partial charge >= 0.3 is 12.0 Å². The maximum atomic E-state index is 11.6. The molecular weight excluding hydrogens is 228 g/mol. The summed E-state index contributed by atoms with van der Waals surface area (Å²) in [5.74, 6) is -1.40. The van der Waals surface area contributed by atoms with Crippen molar-refractivity contribution in [1.82, 2.24) is 10.2 Å². The number of amides is 2. The molecule has 1 aliphatic heterocycles. The summed E-state index contributed by atoms with van der Waals surface area (Å²) in [7, 11) is 0. The van der Waals surface area contributed by atoms with E-state index >= 15 is 0 Å². The molecule has 98 valence electrons. The Morgan fingerprint density at radius 1 is 1.53 bits per heavy atom. The minimum absolute atomic E-state index is 0.202. The van der Waals surface area contributed by atoms with Crippen LogP contribution in [0.3, 0.4) is 0 Å². The standard InChI is InChI=1S/C10H18N2O5/c1-9(16)3-4-12(6-9)8(15)11-5-10(2,17)7(13)14/h16-17H,3-6H2,1-2H3,(H,11,15)(H,13,14). The summed E-state index contributed by atoms with van der Waals surface area (Å²) in [5.41, 5.74) is -2.88. The summed E-state index contributed by atoms with van der Waals surface area (Å²) in [6.45, 7) is 2.98. The first-order valence-electron chi connectivity index (χ1n) is 5.35. The second kappa shape index (κ2) is 4.50. The number of nitrogens with one attached hydrogen (secondary N) is 1. The largest absolute Gasteiger partial charge is 0.479 e. The highest BCUT2D eigenvalue weighted by atomic mass is 16.4. The van der Waals surface area contributed by atoms with E-state index in [-0.39, 0.29) is 13.1 Å². The van der Waals surface area contributed by atoms with Crippen LogP contribution in [0.2, 0.25) is 0 Å². The van der Waals surface area contributed by atoms with Crippen molar-refractivity contribution in [1.29, 1.82) is 0 Å². The SMILES string of the molecule is CC1(O)CCN(C(=O)NCC(C)(O)C(=O)O)C1. The molecule has 0 aromatic heterocycles. The lowest BCUT2D eigenvalue weighted by Gasteiger charge is -2.23. The molecule has 17 heavy (non-hydrogen) atoms. The first kappa shape index (κ1) is 13.7. The van der Waals surface area contributed by atoms with Gasteiger partial charge < -0.3 is 25.5 Å². The van der Waals surface area contributed by atoms with E-state index in [2.05, 4.69) is 5.32 Å². The topological polar surface area (TPSA) is 110 Å². The predicted molar refractivity (Wildman–Crippen MR) is 58.5 cm³/mol. The van der Waals surface area contributed by atoms with Crippen LogP contribution in [0.25, 0.3) is 0 Å². The molecule has 0 bridgehead atoms. The van der Waals surface area contributed by atoms with Crippen LogP contribution >= 0.6 is 0 Å². The molecule has 7 nitrogen and oxygen atoms in total. The Morgan fingerprint density at radius 2 is 2.12 bits per heavy atom. The average Bonchev–Trinajstić information content (AvgIpc) is 2.55. The van der Waals surface area contributed by atoms with Crippen LogP contribution in [-0.4, -0.2) is 63.1 Å². The number of aliphatic carboxylic acids is 1. The number of aliphatic hydroxyl groups is 2. The van der Waals surface area contributed by atoms with Crippen molar-refractivity contribution in [3.05, 3.63) is 0 Å². The van der Waals surface area contributed by atoms with Gasteiger partial charge in [0.25, 0.3) is 0 Å². The highest BCUT2D eigenvalue weighted by Gasteiger charge is 2.35. The molecule has 0 radical (unpaired) electrons. The molecule has 1 rings (SSSR count). The first-order chi connectivity index (χ1) is 7.64. The number of hydrogen-bond acceptors (Lipinski definition) is 4. The van der Waals surface area contributed by atoms with E-state index in [1.807, 2.05) is 0 Å². The van der Waals surface area contributed by atoms with Crippen molar-refractivity contribution in [2.75, 3.05) is 19.6 Å². The molecule has 0 spiro atoms. The zero-order valence-electron chi connectivity index (χ0n) is 9.93. The molecule has 0 aromatic rings. The van der Waals surface area contributed by atoms with E-state index in [1.165, 1.54) is 4.90 Å². The zero-order valence-corrected chi connectivity index (χ0v) is 9.93. The van der Waals surface area contributed by atoms with Gasteiger partial charge in [-0.1, -0.05) is 0 Å². The third-order valence-electron chi connectivity index (χ3n) is 2.78. The molecule has 2 atom stereocenters. The monoisotopic (exact) mass is 246 g/mol. The Balaban J connectivity index is 2.44. The molecule has 4 N–H and O–H groups in total. The number of hydrogen-bond donors (Lipinski definition) is 4. The van der Waals surface area contributed by atoms with Gasteiger partial charge in [0.05, 0.1) is 18.7 Å². The van der Waals surface area contributed by atoms with Gasteiger partial charge in [-0.2, -0.15) is 0 Å². The summed E-state index contributed by atoms with van der Waals surface area (Å²) < 4.78 is 0. The van der Waals surface area contributed by atoms with Crippen LogP contribution in [-0.2, 0) is 4.79 Å². The van der Waals surface area contributed by atoms with Crippen LogP contribution in [0.5, 0.6) is 0 Å². The molecule has 1 heterocycles. The smallest absolute Gasteiger partial charge is 0.337 e. The lowest BCUT2D eigenvalue weighted by atomic mass is 10.1. The van der Waals surface area contributed by atoms with Crippen molar-refractivity contribution < 1.29 is 24.9 Å². The van der Waals surface area contributed by atoms with Crippen LogP contribution in [0.15, 0.2) is 0 Å². The Kier molecular flexibility index (Phi) is 3.63. The number of rotatable bonds is 3. The third kappa shape index (κ3) is 3.57. The number of carboxylic acids is 1. The molecule has 1 aliphatic rings. The highest BCUT2D eigenvalue weighted by molar-refractivity contribution is 5.79. The van der Waals surface area contributed by atoms with E-state index in [1.54, 1.807) is 6.92 Å². The van der Waals surface area contributed by atoms with E-state index < -0.39 is 23.2 Å². The minimum Gasteiger partial charge on any atom is -0.479 e. The molecule has 0 aromatic carbocycles. The number of likely N-dealkylation sites (tertiary alicyclic amines) is 1. The fraction of sp³-hybridized carbons (Fsp3) is 0.800. The minimum atomic E-state index is -1.99. The molecule has 1 saturated heterocycles. The summed E-state index contributed by atoms with van der Waals surface area (Å²) in [4.78, 5) is 23.6. The quantitative estimate of drug-likeness (QED) is 0.510. The molecule has 2 amide bonds. The van der Waals surface area contributed by atoms with Crippen molar-refractivity contribution in [2.45, 2.75) is 31.5 Å². The fourth-order valence-corrected chi connectivity index (χ4v) is 1.55. The van der Waals surface area contributed by atoms with Gasteiger partial charge in [0.1, 0.15) is 0 Å². The summed E-state index contributed by atoms with van der Waals surface area (Å²) in [5, 5.41) is 30.0. The maximum absolute atomic E-state index is 11.6. The second-order valence-corrected chi connectivity index (χ2v) is 4.91. The van der Waals surface area contributed by atoms with E-state index in [9.17, 15) is 19.8 Å². The summed E-state index contributed by atoms with van der Waals surface area (Å²) in [6, 6.07) is -0.482. The predicted octanol–water partition coefficient (Wildman–Crippen LogP) is -1.01. The van der Waals surface area contributed by atoms with E-state index in [0.717, 1.165) is 6.92 Å². The molecule has 1 fully saturated rings. The van der Waals surface area contributed by atoms with E-state index in [0.29, 0.717) is 13.0 Å². The van der Waals surface area contributed by atoms with Gasteiger partial charge in [0.2, 0.25) is 0 Å². The zero-order chi connectivity index (χ0) is 13.3. The Hall–Kier alpha value is -1.34. The Morgan fingerprint density at radius 3 is 2.53 bits per heavy atom. The number of carboxylic acid groups (broad SMARTS) is 1. The van der Waals surface area contributed by atoms with Crippen molar-refractivity contribution >= 4 is 12.0 Å². The van der Waals surface area contributed by atoms with Crippen LogP contribution in [0, 0.1) is 0 Å². The number of urea groups is 1. The van der Waals surface area contributed by atoms with Gasteiger partial charge in [-0.15, -0.1) is 0 Å². The fourth-order valence-electron chi connectivity index (χ4n) is 1.55. The third-order valence-corrected chi connectivity index (χ3v) is 2.78. The molecule has 2 unspecified atom stereocenters. The Labute approximate surface area is 99.0 Å². The van der Waals surface area contributed by atoms with Crippen LogP contribution in [0.4, 0.5) is 4.79 Å². The lowest BCUT2D eigenvalue weighted by Crippen LogP contribution is -2.50. The maximum Gasteiger partial charge on any atom is 0.337 e. The summed E-state index contributed by atoms with van der Waals surface area (Å²) >= 11 is 0. The van der Waals surface area contributed by atoms with Crippen molar-refractivity contribution in [3.8, 4) is 0 Å². The number of nitrogens with zero attached hydrogens (tertiary/aromatic N) is 1. The van der Waals surface area contributed by atoms with Gasteiger partial charge in [0.15, 0.2) is 5.60 Å². The van der Waals surface area contributed by atoms with Crippen molar-refractivity contribution in [2.24, 2.45) is 0 Å². The number of carbonyl (C=O) groups is 2. The summed E-state index contributed by atoms with van der Waals surface area (Å²) in [6.07, 6.45) is 0.482. The average molecular weight is 246 g/mol. The normalized spacial score (nSPS) is 27.6. The number of β-amino-alcohol motifs (C(OH)–C–C–N with tert-alkyl or cyclic N) is 1. The van der Waals surface area contributed by atoms with Gasteiger partial charge in [-0.25, -0.2) is 9.59 Å². The van der Waals surface area contributed by atoms with Gasteiger partial charge in [-0.3, -0.25) is 0 Å². The van der Waals surface area contributed by atoms with Gasteiger partial charge in [-0.05, 0) is 20.3 Å². The second-order valence-electron chi connectivity index (χ2n) is 4.91. The first-order valence-corrected chi connectivity index (χ1v) is 5.35. The molecule has 0 saturated carbocycles. The molecule has 7 heteroatoms. The lowest BCUT2D eigenvalue weighted by molar-refractivity contribution is -0.155. The molecular formula is C10H18N2O5. The van der Waals surface area contributed by atoms with Gasteiger partial charge in [0, 0.05) is 6.54 Å². The van der Waals surface area contributed by atoms with Crippen molar-refractivity contribution in [3.63, 3.8) is 0 Å².